The van der Waals surface area contributed by atoms with Gasteiger partial charge < -0.3 is 30.3 Å². The van der Waals surface area contributed by atoms with Crippen LogP contribution in [0.25, 0.3) is 22.3 Å². The van der Waals surface area contributed by atoms with Crippen molar-refractivity contribution in [1.82, 2.24) is 14.9 Å². The largest absolute Gasteiger partial charge is 0.493 e. The molecule has 0 aliphatic carbocycles. The number of methoxy groups -OCH3 is 2. The second-order valence-electron chi connectivity index (χ2n) is 8.74. The first-order valence-corrected chi connectivity index (χ1v) is 12.8. The number of benzene rings is 3. The standard InChI is InChI=1S/C29H33FN6O3/c1-5-36(6-2)16-15-31-28-23-17-25(38-3)26(39-4)18-24(23)34-27(35-28)19-7-11-21(12-8-19)32-29(37)33-22-13-9-20(30)10-14-22/h7-14,17-18H,5-6,15-16H2,1-4H3,(H,31,34,35)(H2,32,33,37). The molecule has 4 rings (SSSR count). The highest BCUT2D eigenvalue weighted by Gasteiger charge is 2.15. The average Bonchev–Trinajstić information content (AvgIpc) is 2.96. The molecular weight excluding hydrogens is 499 g/mol. The normalized spacial score (nSPS) is 10.9. The molecule has 0 fully saturated rings. The van der Waals surface area contributed by atoms with Crippen molar-refractivity contribution in [3.05, 3.63) is 66.5 Å². The Morgan fingerprint density at radius 1 is 0.872 bits per heavy atom. The number of fused-ring (bicyclic) bond motifs is 1. The Hall–Kier alpha value is -4.44. The predicted molar refractivity (Wildman–Crippen MR) is 153 cm³/mol. The lowest BCUT2D eigenvalue weighted by Crippen LogP contribution is -2.28. The molecule has 0 aliphatic rings. The molecule has 1 heterocycles. The van der Waals surface area contributed by atoms with E-state index in [1.54, 1.807) is 26.4 Å². The van der Waals surface area contributed by atoms with E-state index in [2.05, 4.69) is 34.7 Å². The van der Waals surface area contributed by atoms with Gasteiger partial charge in [0.05, 0.1) is 19.7 Å². The fourth-order valence-electron chi connectivity index (χ4n) is 4.12. The highest BCUT2D eigenvalue weighted by Crippen LogP contribution is 2.35. The first-order valence-electron chi connectivity index (χ1n) is 12.8. The molecule has 2 amide bonds. The number of nitrogens with one attached hydrogen (secondary N) is 3. The van der Waals surface area contributed by atoms with Crippen molar-refractivity contribution in [2.24, 2.45) is 0 Å². The van der Waals surface area contributed by atoms with E-state index in [0.717, 1.165) is 30.6 Å². The van der Waals surface area contributed by atoms with Crippen molar-refractivity contribution in [2.45, 2.75) is 13.8 Å². The minimum absolute atomic E-state index is 0.368. The quantitative estimate of drug-likeness (QED) is 0.223. The van der Waals surface area contributed by atoms with Gasteiger partial charge >= 0.3 is 6.03 Å². The molecule has 39 heavy (non-hydrogen) atoms. The summed E-state index contributed by atoms with van der Waals surface area (Å²) in [6.45, 7) is 7.82. The molecule has 0 atom stereocenters. The van der Waals surface area contributed by atoms with Crippen LogP contribution in [-0.4, -0.2) is 61.3 Å². The predicted octanol–water partition coefficient (Wildman–Crippen LogP) is 5.85. The number of urea groups is 1. The number of halogens is 1. The second kappa shape index (κ2) is 12.9. The SMILES string of the molecule is CCN(CC)CCNc1nc(-c2ccc(NC(=O)Nc3ccc(F)cc3)cc2)nc2cc(OC)c(OC)cc12. The van der Waals surface area contributed by atoms with Crippen LogP contribution in [0.1, 0.15) is 13.8 Å². The summed E-state index contributed by atoms with van der Waals surface area (Å²) >= 11 is 0. The molecule has 1 aromatic heterocycles. The number of ether oxygens (including phenoxy) is 2. The summed E-state index contributed by atoms with van der Waals surface area (Å²) in [6.07, 6.45) is 0. The smallest absolute Gasteiger partial charge is 0.323 e. The number of carbonyl (C=O) groups excluding carboxylic acids is 1. The summed E-state index contributed by atoms with van der Waals surface area (Å²) in [5, 5.41) is 9.74. The van der Waals surface area contributed by atoms with E-state index in [1.807, 2.05) is 24.3 Å². The minimum atomic E-state index is -0.433. The Balaban J connectivity index is 1.58. The number of hydrogen-bond donors (Lipinski definition) is 3. The topological polar surface area (TPSA) is 101 Å². The Morgan fingerprint density at radius 3 is 2.05 bits per heavy atom. The zero-order valence-electron chi connectivity index (χ0n) is 22.5. The van der Waals surface area contributed by atoms with Crippen LogP contribution in [0, 0.1) is 5.82 Å². The molecule has 0 bridgehead atoms. The zero-order chi connectivity index (χ0) is 27.8. The summed E-state index contributed by atoms with van der Waals surface area (Å²) in [5.41, 5.74) is 2.57. The average molecular weight is 533 g/mol. The van der Waals surface area contributed by atoms with Crippen LogP contribution in [0.3, 0.4) is 0 Å². The third-order valence-electron chi connectivity index (χ3n) is 6.32. The molecule has 9 nitrogen and oxygen atoms in total. The Kier molecular flexibility index (Phi) is 9.11. The summed E-state index contributed by atoms with van der Waals surface area (Å²) < 4.78 is 24.1. The van der Waals surface area contributed by atoms with E-state index in [9.17, 15) is 9.18 Å². The number of rotatable bonds is 11. The number of aromatic nitrogens is 2. The van der Waals surface area contributed by atoms with Crippen LogP contribution < -0.4 is 25.4 Å². The highest BCUT2D eigenvalue weighted by molar-refractivity contribution is 6.00. The summed E-state index contributed by atoms with van der Waals surface area (Å²) in [4.78, 5) is 24.3. The molecule has 0 aliphatic heterocycles. The summed E-state index contributed by atoms with van der Waals surface area (Å²) in [5.74, 6) is 2.04. The lowest BCUT2D eigenvalue weighted by molar-refractivity contribution is 0.262. The van der Waals surface area contributed by atoms with Crippen LogP contribution in [-0.2, 0) is 0 Å². The maximum atomic E-state index is 13.1. The minimum Gasteiger partial charge on any atom is -0.493 e. The number of likely N-dealkylation sites (N-methyl/N-ethyl adjacent to an activating group) is 1. The fourth-order valence-corrected chi connectivity index (χ4v) is 4.12. The summed E-state index contributed by atoms with van der Waals surface area (Å²) in [7, 11) is 3.19. The number of hydrogen-bond acceptors (Lipinski definition) is 7. The van der Waals surface area contributed by atoms with Crippen LogP contribution >= 0.6 is 0 Å². The fraction of sp³-hybridized carbons (Fsp3) is 0.276. The zero-order valence-corrected chi connectivity index (χ0v) is 22.5. The molecule has 0 unspecified atom stereocenters. The van der Waals surface area contributed by atoms with E-state index >= 15 is 0 Å². The van der Waals surface area contributed by atoms with Gasteiger partial charge in [0, 0.05) is 41.5 Å². The number of amides is 2. The third-order valence-corrected chi connectivity index (χ3v) is 6.32. The van der Waals surface area contributed by atoms with Gasteiger partial charge in [0.15, 0.2) is 17.3 Å². The van der Waals surface area contributed by atoms with Crippen molar-refractivity contribution in [3.63, 3.8) is 0 Å². The van der Waals surface area contributed by atoms with Crippen molar-refractivity contribution in [1.29, 1.82) is 0 Å². The van der Waals surface area contributed by atoms with Gasteiger partial charge in [-0.1, -0.05) is 13.8 Å². The lowest BCUT2D eigenvalue weighted by atomic mass is 10.1. The molecule has 0 saturated carbocycles. The third kappa shape index (κ3) is 6.91. The van der Waals surface area contributed by atoms with Crippen molar-refractivity contribution in [2.75, 3.05) is 56.3 Å². The van der Waals surface area contributed by atoms with Crippen LogP contribution in [0.2, 0.25) is 0 Å². The second-order valence-corrected chi connectivity index (χ2v) is 8.74. The summed E-state index contributed by atoms with van der Waals surface area (Å²) in [6, 6.07) is 16.1. The van der Waals surface area contributed by atoms with E-state index < -0.39 is 6.03 Å². The number of anilines is 3. The van der Waals surface area contributed by atoms with Gasteiger partial charge in [0.1, 0.15) is 11.6 Å². The monoisotopic (exact) mass is 532 g/mol. The Labute approximate surface area is 227 Å². The van der Waals surface area contributed by atoms with Crippen molar-refractivity contribution >= 4 is 34.1 Å². The van der Waals surface area contributed by atoms with Gasteiger partial charge in [0.2, 0.25) is 0 Å². The van der Waals surface area contributed by atoms with Crippen molar-refractivity contribution in [3.8, 4) is 22.9 Å². The van der Waals surface area contributed by atoms with Crippen molar-refractivity contribution < 1.29 is 18.7 Å². The maximum Gasteiger partial charge on any atom is 0.323 e. The van der Waals surface area contributed by atoms with Gasteiger partial charge in [-0.3, -0.25) is 0 Å². The first-order chi connectivity index (χ1) is 18.9. The first kappa shape index (κ1) is 27.6. The highest BCUT2D eigenvalue weighted by atomic mass is 19.1. The molecule has 0 radical (unpaired) electrons. The van der Waals surface area contributed by atoms with Gasteiger partial charge in [-0.25, -0.2) is 19.2 Å². The van der Waals surface area contributed by atoms with Gasteiger partial charge in [0.25, 0.3) is 0 Å². The molecule has 0 spiro atoms. The molecule has 204 valence electrons. The van der Waals surface area contributed by atoms with Gasteiger partial charge in [-0.05, 0) is 67.7 Å². The van der Waals surface area contributed by atoms with E-state index in [4.69, 9.17) is 19.4 Å². The molecule has 3 aromatic carbocycles. The van der Waals surface area contributed by atoms with Gasteiger partial charge in [-0.2, -0.15) is 0 Å². The molecule has 10 heteroatoms. The molecule has 4 aromatic rings. The Morgan fingerprint density at radius 2 is 1.46 bits per heavy atom. The van der Waals surface area contributed by atoms with E-state index in [-0.39, 0.29) is 5.82 Å². The van der Waals surface area contributed by atoms with Crippen LogP contribution in [0.5, 0.6) is 11.5 Å². The van der Waals surface area contributed by atoms with Crippen LogP contribution in [0.15, 0.2) is 60.7 Å². The molecule has 3 N–H and O–H groups in total. The maximum absolute atomic E-state index is 13.1. The molecule has 0 saturated heterocycles. The molecular formula is C29H33FN6O3. The van der Waals surface area contributed by atoms with Crippen LogP contribution in [0.4, 0.5) is 26.4 Å². The van der Waals surface area contributed by atoms with Gasteiger partial charge in [-0.15, -0.1) is 0 Å². The number of carbonyl (C=O) groups is 1. The number of nitrogens with zero attached hydrogens (tertiary/aromatic N) is 3. The Bertz CT molecular complexity index is 1410. The lowest BCUT2D eigenvalue weighted by Gasteiger charge is -2.19. The van der Waals surface area contributed by atoms with E-state index in [0.29, 0.717) is 46.6 Å². The van der Waals surface area contributed by atoms with E-state index in [1.165, 1.54) is 24.3 Å².